The van der Waals surface area contributed by atoms with Crippen LogP contribution in [0.4, 0.5) is 0 Å². The van der Waals surface area contributed by atoms with Gasteiger partial charge in [-0.2, -0.15) is 0 Å². The Balaban J connectivity index is 0.000000126. The van der Waals surface area contributed by atoms with Crippen molar-refractivity contribution in [3.8, 4) is 0 Å². The van der Waals surface area contributed by atoms with E-state index in [2.05, 4.69) is 76.4 Å². The third-order valence-electron chi connectivity index (χ3n) is 28.7. The quantitative estimate of drug-likeness (QED) is 0.156. The van der Waals surface area contributed by atoms with Crippen molar-refractivity contribution in [2.75, 3.05) is 112 Å². The molecule has 18 atom stereocenters. The van der Waals surface area contributed by atoms with Gasteiger partial charge in [0.1, 0.15) is 6.29 Å². The van der Waals surface area contributed by atoms with Crippen molar-refractivity contribution in [2.24, 2.45) is 85.8 Å². The van der Waals surface area contributed by atoms with Gasteiger partial charge in [-0.3, -0.25) is 9.80 Å². The molecule has 9 saturated carbocycles. The van der Waals surface area contributed by atoms with E-state index in [4.69, 9.17) is 42.6 Å². The first kappa shape index (κ1) is 69.3. The largest absolute Gasteiger partial charge is 0.379 e. The Labute approximate surface area is 552 Å². The van der Waals surface area contributed by atoms with E-state index in [9.17, 15) is 4.79 Å². The van der Waals surface area contributed by atoms with Gasteiger partial charge < -0.3 is 52.7 Å². The maximum Gasteiger partial charge on any atom is 0.160 e. The monoisotopic (exact) mass is 1270 g/mol. The van der Waals surface area contributed by atoms with Crippen LogP contribution in [0.25, 0.3) is 0 Å². The third-order valence-corrected chi connectivity index (χ3v) is 28.7. The normalized spacial score (nSPS) is 45.0. The zero-order chi connectivity index (χ0) is 63.4. The molecule has 6 saturated heterocycles. The summed E-state index contributed by atoms with van der Waals surface area (Å²) < 4.78 is 55.4. The van der Waals surface area contributed by atoms with Gasteiger partial charge in [-0.25, -0.2) is 0 Å². The van der Waals surface area contributed by atoms with Crippen LogP contribution in [0.2, 0.25) is 0 Å². The van der Waals surface area contributed by atoms with Crippen molar-refractivity contribution in [1.82, 2.24) is 15.1 Å². The van der Waals surface area contributed by atoms with Gasteiger partial charge >= 0.3 is 0 Å². The first-order chi connectivity index (χ1) is 44.0. The average molecular weight is 1270 g/mol. The molecule has 0 radical (unpaired) electrons. The van der Waals surface area contributed by atoms with Crippen LogP contribution in [0.1, 0.15) is 215 Å². The van der Waals surface area contributed by atoms with E-state index in [1.165, 1.54) is 177 Å². The van der Waals surface area contributed by atoms with E-state index in [0.29, 0.717) is 88.8 Å². The van der Waals surface area contributed by atoms with E-state index in [1.807, 2.05) is 0 Å². The molecule has 516 valence electrons. The highest BCUT2D eigenvalue weighted by Crippen LogP contribution is 2.67. The summed E-state index contributed by atoms with van der Waals surface area (Å²) in [7, 11) is 0. The molecular formula is C78H129N3O10. The highest BCUT2D eigenvalue weighted by atomic mass is 16.7. The average Bonchev–Trinajstić information content (AvgIpc) is 1.40. The summed E-state index contributed by atoms with van der Waals surface area (Å²) in [4.78, 5) is 16.5. The molecule has 9 aliphatic carbocycles. The number of morpholine rings is 3. The maximum atomic E-state index is 11.3. The molecule has 1 N–H and O–H groups in total. The number of aldehydes is 1. The molecule has 0 aromatic rings. The first-order valence-corrected chi connectivity index (χ1v) is 38.2. The van der Waals surface area contributed by atoms with Crippen molar-refractivity contribution in [3.05, 3.63) is 36.5 Å². The molecule has 15 fully saturated rings. The predicted molar refractivity (Wildman–Crippen MR) is 360 cm³/mol. The van der Waals surface area contributed by atoms with Crippen molar-refractivity contribution < 1.29 is 47.4 Å². The Morgan fingerprint density at radius 2 is 0.747 bits per heavy atom. The molecule has 0 aromatic carbocycles. The summed E-state index contributed by atoms with van der Waals surface area (Å²) in [5.41, 5.74) is 5.50. The van der Waals surface area contributed by atoms with E-state index < -0.39 is 0 Å². The van der Waals surface area contributed by atoms with Gasteiger partial charge in [0.2, 0.25) is 0 Å². The summed E-state index contributed by atoms with van der Waals surface area (Å²) in [6.45, 7) is 45.1. The smallest absolute Gasteiger partial charge is 0.160 e. The Kier molecular flexibility index (Phi) is 23.0. The van der Waals surface area contributed by atoms with Crippen LogP contribution in [-0.4, -0.2) is 165 Å². The number of hydrogen-bond donors (Lipinski definition) is 1. The number of hydrogen-bond acceptors (Lipinski definition) is 13. The lowest BCUT2D eigenvalue weighted by atomic mass is 9.46. The van der Waals surface area contributed by atoms with Crippen LogP contribution >= 0.6 is 0 Å². The molecule has 91 heavy (non-hydrogen) atoms. The van der Waals surface area contributed by atoms with Gasteiger partial charge in [-0.1, -0.05) is 117 Å². The SMILES string of the molecule is C1COCCN1.C=C1CCC2[C@]3(C)CO[C@@H](C4CCCC4)O[C@@H]3CC[C@@]2(C)[C@@H]1CC=O.C=C1CCC2[C@]3(C)CO[C@@H](C4CCCC4)O[C@@H]3CC[C@@]2(C)[C@@H]1CCN1CCOCC1.C=C1CCC2[C@]3(C)CO[C@@H](C4CCCC4)O[C@@H]3CC[C@@]2(C)[C@@H]1CCN1CCOCC1. The van der Waals surface area contributed by atoms with Gasteiger partial charge in [0.15, 0.2) is 18.9 Å². The number of nitrogens with one attached hydrogen (secondary N) is 1. The second-order valence-electron chi connectivity index (χ2n) is 33.9. The zero-order valence-electron chi connectivity index (χ0n) is 58.4. The second kappa shape index (κ2) is 30.3. The molecule has 3 unspecified atom stereocenters. The van der Waals surface area contributed by atoms with Crippen molar-refractivity contribution >= 4 is 6.29 Å². The minimum Gasteiger partial charge on any atom is -0.379 e. The number of rotatable bonds is 11. The second-order valence-corrected chi connectivity index (χ2v) is 33.9. The molecule has 0 amide bonds. The van der Waals surface area contributed by atoms with E-state index in [0.717, 1.165) is 124 Å². The van der Waals surface area contributed by atoms with Crippen LogP contribution < -0.4 is 5.32 Å². The van der Waals surface area contributed by atoms with Crippen LogP contribution in [-0.2, 0) is 47.4 Å². The fourth-order valence-electron chi connectivity index (χ4n) is 23.4. The molecule has 15 aliphatic rings. The number of nitrogens with zero attached hydrogens (tertiary/aromatic N) is 2. The minimum atomic E-state index is 0.0225. The van der Waals surface area contributed by atoms with Gasteiger partial charge in [0.05, 0.1) is 77.8 Å². The topological polar surface area (TPSA) is 119 Å². The van der Waals surface area contributed by atoms with Crippen LogP contribution in [0, 0.1) is 85.8 Å². The lowest BCUT2D eigenvalue weighted by molar-refractivity contribution is -0.316. The zero-order valence-corrected chi connectivity index (χ0v) is 58.4. The molecule has 6 aliphatic heterocycles. The van der Waals surface area contributed by atoms with Gasteiger partial charge in [0, 0.05) is 79.7 Å². The van der Waals surface area contributed by atoms with Crippen molar-refractivity contribution in [2.45, 2.75) is 252 Å². The Morgan fingerprint density at radius 1 is 0.429 bits per heavy atom. The molecule has 13 nitrogen and oxygen atoms in total. The number of carbonyl (C=O) groups excluding carboxylic acids is 1. The van der Waals surface area contributed by atoms with Gasteiger partial charge in [-0.05, 0) is 193 Å². The Hall–Kier alpha value is -1.59. The maximum absolute atomic E-state index is 11.3. The predicted octanol–water partition coefficient (Wildman–Crippen LogP) is 14.6. The molecule has 15 rings (SSSR count). The molecule has 13 heteroatoms. The van der Waals surface area contributed by atoms with E-state index >= 15 is 0 Å². The summed E-state index contributed by atoms with van der Waals surface area (Å²) >= 11 is 0. The van der Waals surface area contributed by atoms with E-state index in [-0.39, 0.29) is 40.5 Å². The summed E-state index contributed by atoms with van der Waals surface area (Å²) in [5, 5.41) is 3.16. The van der Waals surface area contributed by atoms with Crippen molar-refractivity contribution in [3.63, 3.8) is 0 Å². The molecule has 6 heterocycles. The summed E-state index contributed by atoms with van der Waals surface area (Å²) in [5.74, 6) is 5.36. The van der Waals surface area contributed by atoms with Crippen LogP contribution in [0.3, 0.4) is 0 Å². The molecular weight excluding hydrogens is 1140 g/mol. The summed E-state index contributed by atoms with van der Waals surface area (Å²) in [6, 6.07) is 0. The highest BCUT2D eigenvalue weighted by molar-refractivity contribution is 5.51. The van der Waals surface area contributed by atoms with Gasteiger partial charge in [0.25, 0.3) is 0 Å². The standard InChI is InChI=1S/2C26H43NO3.C22H34O3.C4H9NO/c2*1-19-8-9-22-25(2,21(19)11-13-27-14-16-28-17-15-27)12-10-23-26(22,3)18-29-24(30-23)20-6-4-5-7-20;1-15-8-9-18-21(2,17(15)11-13-23)12-10-19-22(18,3)14-24-20(25-19)16-6-4-5-7-16;1-3-6-4-2-5-1/h2*20-24H,1,4-18H2,2-3H3;13,16-20H,1,4-12,14H2,2-3H3;5H,1-4H2/t2*21-,22?,23-,24-,25+,26+;17-,18?,19-,20-,21+,22+;/m111./s1. The molecule has 0 aromatic heterocycles. The number of allylic oxidation sites excluding steroid dienone is 3. The van der Waals surface area contributed by atoms with E-state index in [1.54, 1.807) is 0 Å². The first-order valence-electron chi connectivity index (χ1n) is 38.2. The lowest BCUT2D eigenvalue weighted by Gasteiger charge is -2.63. The highest BCUT2D eigenvalue weighted by Gasteiger charge is 2.64. The van der Waals surface area contributed by atoms with Crippen LogP contribution in [0.15, 0.2) is 36.5 Å². The summed E-state index contributed by atoms with van der Waals surface area (Å²) in [6.07, 6.45) is 35.5. The fourth-order valence-corrected chi connectivity index (χ4v) is 23.4. The lowest BCUT2D eigenvalue weighted by Crippen LogP contribution is -2.62. The number of ether oxygens (including phenoxy) is 9. The molecule has 0 spiro atoms. The fraction of sp³-hybridized carbons (Fsp3) is 0.910. The van der Waals surface area contributed by atoms with Crippen molar-refractivity contribution in [1.29, 1.82) is 0 Å². The minimum absolute atomic E-state index is 0.0225. The van der Waals surface area contributed by atoms with Gasteiger partial charge in [-0.15, -0.1) is 0 Å². The number of fused-ring (bicyclic) bond motifs is 9. The molecule has 0 bridgehead atoms. The van der Waals surface area contributed by atoms with Crippen LogP contribution in [0.5, 0.6) is 0 Å². The number of carbonyl (C=O) groups is 1. The Bertz CT molecular complexity index is 2270. The third kappa shape index (κ3) is 14.5. The Morgan fingerprint density at radius 3 is 1.05 bits per heavy atom.